The Morgan fingerprint density at radius 1 is 1.40 bits per heavy atom. The molecule has 0 aliphatic rings. The lowest BCUT2D eigenvalue weighted by atomic mass is 10.2. The molecule has 2 N–H and O–H groups in total. The van der Waals surface area contributed by atoms with Crippen LogP contribution in [-0.2, 0) is 0 Å². The molecule has 0 fully saturated rings. The summed E-state index contributed by atoms with van der Waals surface area (Å²) in [5.41, 5.74) is 5.26. The predicted octanol–water partition coefficient (Wildman–Crippen LogP) is 2.24. The van der Waals surface area contributed by atoms with Gasteiger partial charge < -0.3 is 10.5 Å². The van der Waals surface area contributed by atoms with E-state index in [0.29, 0.717) is 3.57 Å². The van der Waals surface area contributed by atoms with Gasteiger partial charge in [-0.3, -0.25) is 10.1 Å². The molecule has 0 atom stereocenters. The van der Waals surface area contributed by atoms with Crippen LogP contribution in [0, 0.1) is 25.0 Å². The standard InChI is InChI=1S/C11H6IN5O3/c12-7-1-6(3-13)2-8(17(18)19)11(7)20-10-5-15-9(14)4-16-10/h1-2,4-5H,(H2,14,15). The number of ether oxygens (including phenoxy) is 1. The number of nitro groups is 1. The minimum atomic E-state index is -0.622. The molecule has 2 aromatic rings. The lowest BCUT2D eigenvalue weighted by molar-refractivity contribution is -0.385. The number of nitrogen functional groups attached to an aromatic ring is 1. The minimum Gasteiger partial charge on any atom is -0.429 e. The fourth-order valence-corrected chi connectivity index (χ4v) is 2.09. The molecular formula is C11H6IN5O3. The molecule has 2 rings (SSSR count). The number of hydrogen-bond acceptors (Lipinski definition) is 7. The number of nitro benzene ring substituents is 1. The maximum absolute atomic E-state index is 11.0. The molecule has 0 saturated heterocycles. The molecule has 1 heterocycles. The number of rotatable bonds is 3. The van der Waals surface area contributed by atoms with Gasteiger partial charge in [0.1, 0.15) is 5.82 Å². The van der Waals surface area contributed by atoms with Crippen molar-refractivity contribution in [1.29, 1.82) is 5.26 Å². The lowest BCUT2D eigenvalue weighted by Gasteiger charge is -2.07. The zero-order valence-electron chi connectivity index (χ0n) is 9.78. The van der Waals surface area contributed by atoms with Crippen molar-refractivity contribution in [2.75, 3.05) is 5.73 Å². The van der Waals surface area contributed by atoms with Crippen molar-refractivity contribution in [3.63, 3.8) is 0 Å². The fraction of sp³-hybridized carbons (Fsp3) is 0. The summed E-state index contributed by atoms with van der Waals surface area (Å²) in [6.07, 6.45) is 2.53. The Bertz CT molecular complexity index is 711. The highest BCUT2D eigenvalue weighted by Crippen LogP contribution is 2.36. The number of nitriles is 1. The van der Waals surface area contributed by atoms with E-state index in [1.165, 1.54) is 18.5 Å². The van der Waals surface area contributed by atoms with E-state index >= 15 is 0 Å². The molecule has 1 aromatic heterocycles. The first-order valence-electron chi connectivity index (χ1n) is 5.14. The van der Waals surface area contributed by atoms with Gasteiger partial charge >= 0.3 is 5.69 Å². The average Bonchev–Trinajstić information content (AvgIpc) is 2.42. The molecule has 0 radical (unpaired) electrons. The number of benzene rings is 1. The molecule has 1 aromatic carbocycles. The number of hydrogen-bond donors (Lipinski definition) is 1. The van der Waals surface area contributed by atoms with Crippen molar-refractivity contribution in [1.82, 2.24) is 9.97 Å². The molecule has 0 aliphatic carbocycles. The first kappa shape index (κ1) is 13.9. The Hall–Kier alpha value is -2.48. The van der Waals surface area contributed by atoms with E-state index in [-0.39, 0.29) is 28.7 Å². The molecule has 0 aliphatic heterocycles. The quantitative estimate of drug-likeness (QED) is 0.489. The first-order valence-corrected chi connectivity index (χ1v) is 6.22. The maximum Gasteiger partial charge on any atom is 0.314 e. The molecule has 0 unspecified atom stereocenters. The third-order valence-corrected chi connectivity index (χ3v) is 3.01. The summed E-state index contributed by atoms with van der Waals surface area (Å²) in [4.78, 5) is 18.1. The minimum absolute atomic E-state index is 0.00803. The van der Waals surface area contributed by atoms with Gasteiger partial charge in [0.15, 0.2) is 0 Å². The van der Waals surface area contributed by atoms with Crippen LogP contribution in [0.15, 0.2) is 24.5 Å². The van der Waals surface area contributed by atoms with Gasteiger partial charge in [-0.05, 0) is 28.7 Å². The van der Waals surface area contributed by atoms with Gasteiger partial charge in [0, 0.05) is 6.07 Å². The van der Waals surface area contributed by atoms with Crippen LogP contribution >= 0.6 is 22.6 Å². The highest BCUT2D eigenvalue weighted by atomic mass is 127. The summed E-state index contributed by atoms with van der Waals surface area (Å²) >= 11 is 1.85. The topological polar surface area (TPSA) is 128 Å². The number of nitrogens with zero attached hydrogens (tertiary/aromatic N) is 4. The Labute approximate surface area is 126 Å². The van der Waals surface area contributed by atoms with Crippen molar-refractivity contribution in [3.8, 4) is 17.7 Å². The number of nitrogens with two attached hydrogens (primary N) is 1. The highest BCUT2D eigenvalue weighted by Gasteiger charge is 2.21. The molecule has 0 amide bonds. The number of aromatic nitrogens is 2. The van der Waals surface area contributed by atoms with E-state index in [0.717, 1.165) is 6.07 Å². The van der Waals surface area contributed by atoms with Crippen LogP contribution in [0.4, 0.5) is 11.5 Å². The van der Waals surface area contributed by atoms with Gasteiger partial charge in [-0.25, -0.2) is 9.97 Å². The van der Waals surface area contributed by atoms with Gasteiger partial charge in [-0.15, -0.1) is 0 Å². The van der Waals surface area contributed by atoms with E-state index in [1.54, 1.807) is 0 Å². The third-order valence-electron chi connectivity index (χ3n) is 2.20. The summed E-state index contributed by atoms with van der Waals surface area (Å²) in [5, 5.41) is 19.9. The van der Waals surface area contributed by atoms with Crippen molar-refractivity contribution >= 4 is 34.1 Å². The van der Waals surface area contributed by atoms with Crippen LogP contribution < -0.4 is 10.5 Å². The SMILES string of the molecule is N#Cc1cc(I)c(Oc2cnc(N)cn2)c([N+](=O)[O-])c1. The third kappa shape index (κ3) is 2.91. The summed E-state index contributed by atoms with van der Waals surface area (Å²) in [5.74, 6) is 0.292. The van der Waals surface area contributed by atoms with Crippen LogP contribution in [0.1, 0.15) is 5.56 Å². The largest absolute Gasteiger partial charge is 0.429 e. The monoisotopic (exact) mass is 383 g/mol. The van der Waals surface area contributed by atoms with E-state index in [4.69, 9.17) is 15.7 Å². The van der Waals surface area contributed by atoms with Gasteiger partial charge in [0.05, 0.1) is 32.5 Å². The maximum atomic E-state index is 11.0. The second-order valence-corrected chi connectivity index (χ2v) is 4.72. The number of halogens is 1. The zero-order chi connectivity index (χ0) is 14.7. The Morgan fingerprint density at radius 3 is 2.70 bits per heavy atom. The normalized spacial score (nSPS) is 9.80. The summed E-state index contributed by atoms with van der Waals surface area (Å²) < 4.78 is 5.79. The molecule has 20 heavy (non-hydrogen) atoms. The Kier molecular flexibility index (Phi) is 3.94. The van der Waals surface area contributed by atoms with Crippen LogP contribution in [0.2, 0.25) is 0 Å². The molecule has 0 spiro atoms. The molecule has 0 saturated carbocycles. The first-order chi connectivity index (χ1) is 9.51. The van der Waals surface area contributed by atoms with Gasteiger partial charge in [0.2, 0.25) is 11.6 Å². The van der Waals surface area contributed by atoms with Gasteiger partial charge in [0.25, 0.3) is 0 Å². The van der Waals surface area contributed by atoms with Crippen molar-refractivity contribution in [2.24, 2.45) is 0 Å². The van der Waals surface area contributed by atoms with Crippen molar-refractivity contribution < 1.29 is 9.66 Å². The predicted molar refractivity (Wildman–Crippen MR) is 77.0 cm³/mol. The Balaban J connectivity index is 2.48. The van der Waals surface area contributed by atoms with E-state index in [2.05, 4.69) is 9.97 Å². The van der Waals surface area contributed by atoms with Crippen LogP contribution in [0.25, 0.3) is 0 Å². The van der Waals surface area contributed by atoms with Gasteiger partial charge in [-0.2, -0.15) is 5.26 Å². The fourth-order valence-electron chi connectivity index (χ4n) is 1.36. The van der Waals surface area contributed by atoms with Crippen LogP contribution in [0.3, 0.4) is 0 Å². The van der Waals surface area contributed by atoms with E-state index in [1.807, 2.05) is 28.7 Å². The molecule has 0 bridgehead atoms. The molecular weight excluding hydrogens is 377 g/mol. The molecule has 9 heteroatoms. The highest BCUT2D eigenvalue weighted by molar-refractivity contribution is 14.1. The van der Waals surface area contributed by atoms with Crippen LogP contribution in [-0.4, -0.2) is 14.9 Å². The van der Waals surface area contributed by atoms with E-state index < -0.39 is 4.92 Å². The second-order valence-electron chi connectivity index (χ2n) is 3.56. The van der Waals surface area contributed by atoms with Crippen molar-refractivity contribution in [3.05, 3.63) is 43.8 Å². The molecule has 100 valence electrons. The summed E-state index contributed by atoms with van der Waals surface area (Å²) in [7, 11) is 0. The second kappa shape index (κ2) is 5.66. The van der Waals surface area contributed by atoms with E-state index in [9.17, 15) is 10.1 Å². The number of anilines is 1. The van der Waals surface area contributed by atoms with Crippen LogP contribution in [0.5, 0.6) is 11.6 Å². The molecule has 8 nitrogen and oxygen atoms in total. The summed E-state index contributed by atoms with van der Waals surface area (Å²) in [6, 6.07) is 4.47. The smallest absolute Gasteiger partial charge is 0.314 e. The van der Waals surface area contributed by atoms with Gasteiger partial charge in [-0.1, -0.05) is 0 Å². The summed E-state index contributed by atoms with van der Waals surface area (Å²) in [6.45, 7) is 0. The Morgan fingerprint density at radius 2 is 2.15 bits per heavy atom. The zero-order valence-corrected chi connectivity index (χ0v) is 11.9. The lowest BCUT2D eigenvalue weighted by Crippen LogP contribution is -1.99. The average molecular weight is 383 g/mol. The van der Waals surface area contributed by atoms with Crippen molar-refractivity contribution in [2.45, 2.75) is 0 Å².